The smallest absolute Gasteiger partial charge is 0.225 e. The molecule has 138 valence electrons. The maximum atomic E-state index is 12.5. The molecule has 5 heteroatoms. The lowest BCUT2D eigenvalue weighted by atomic mass is 9.82. The molecule has 1 aliphatic carbocycles. The number of amides is 1. The van der Waals surface area contributed by atoms with Crippen LogP contribution in [0.5, 0.6) is 5.75 Å². The van der Waals surface area contributed by atoms with Crippen molar-refractivity contribution in [2.24, 2.45) is 0 Å². The Balaban J connectivity index is 1.52. The number of carbonyl (C=O) groups is 1. The highest BCUT2D eigenvalue weighted by Gasteiger charge is 2.41. The van der Waals surface area contributed by atoms with Gasteiger partial charge in [-0.1, -0.05) is 31.4 Å². The Labute approximate surface area is 149 Å². The third kappa shape index (κ3) is 4.73. The quantitative estimate of drug-likeness (QED) is 0.858. The number of hydrogen-bond donors (Lipinski definition) is 2. The van der Waals surface area contributed by atoms with Crippen LogP contribution in [-0.4, -0.2) is 51.9 Å². The number of benzene rings is 1. The van der Waals surface area contributed by atoms with E-state index in [9.17, 15) is 15.0 Å². The monoisotopic (exact) mass is 347 g/mol. The number of β-amino-alcohol motifs (C(OH)–C–C–N with tert-alkyl or cyclic N) is 1. The molecule has 3 rings (SSSR count). The molecule has 1 aliphatic heterocycles. The van der Waals surface area contributed by atoms with E-state index in [1.54, 1.807) is 4.90 Å². The van der Waals surface area contributed by atoms with E-state index in [0.29, 0.717) is 25.8 Å². The molecule has 1 atom stereocenters. The highest BCUT2D eigenvalue weighted by atomic mass is 16.5. The average Bonchev–Trinajstić information content (AvgIpc) is 2.97. The molecule has 2 aliphatic rings. The lowest BCUT2D eigenvalue weighted by Gasteiger charge is -2.33. The van der Waals surface area contributed by atoms with Crippen LogP contribution in [0.3, 0.4) is 0 Å². The summed E-state index contributed by atoms with van der Waals surface area (Å²) in [6, 6.07) is 7.71. The Hall–Kier alpha value is -1.59. The number of carbonyl (C=O) groups excluding carboxylic acids is 1. The van der Waals surface area contributed by atoms with Gasteiger partial charge < -0.3 is 19.8 Å². The minimum atomic E-state index is -1.02. The first-order valence-electron chi connectivity index (χ1n) is 9.30. The van der Waals surface area contributed by atoms with Crippen molar-refractivity contribution >= 4 is 5.91 Å². The lowest BCUT2D eigenvalue weighted by Crippen LogP contribution is -2.43. The second-order valence-corrected chi connectivity index (χ2v) is 7.86. The molecule has 1 unspecified atom stereocenters. The van der Waals surface area contributed by atoms with Gasteiger partial charge in [-0.3, -0.25) is 4.79 Å². The maximum Gasteiger partial charge on any atom is 0.225 e. The Bertz CT molecular complexity index is 611. The fourth-order valence-corrected chi connectivity index (χ4v) is 3.89. The van der Waals surface area contributed by atoms with Crippen LogP contribution < -0.4 is 4.74 Å². The molecular weight excluding hydrogens is 318 g/mol. The molecule has 0 radical (unpaired) electrons. The topological polar surface area (TPSA) is 70.0 Å². The highest BCUT2D eigenvalue weighted by molar-refractivity contribution is 5.77. The molecule has 1 heterocycles. The van der Waals surface area contributed by atoms with Crippen LogP contribution in [0.2, 0.25) is 0 Å². The molecular formula is C20H29NO4. The van der Waals surface area contributed by atoms with Crippen LogP contribution >= 0.6 is 0 Å². The van der Waals surface area contributed by atoms with Crippen molar-refractivity contribution in [2.75, 3.05) is 19.7 Å². The summed E-state index contributed by atoms with van der Waals surface area (Å²) in [5, 5.41) is 21.3. The zero-order valence-electron chi connectivity index (χ0n) is 15.0. The molecule has 1 saturated carbocycles. The van der Waals surface area contributed by atoms with E-state index in [-0.39, 0.29) is 25.5 Å². The standard InChI is InChI=1S/C20H29NO4/c1-16-6-5-7-17(12-16)25-15-20(24)10-11-21(14-20)18(22)13-19(23)8-3-2-4-9-19/h5-7,12,23-24H,2-4,8-11,13-15H2,1H3. The zero-order chi connectivity index (χ0) is 17.9. The molecule has 0 bridgehead atoms. The number of aliphatic hydroxyl groups is 2. The van der Waals surface area contributed by atoms with Gasteiger partial charge in [-0.15, -0.1) is 0 Å². The molecule has 1 amide bonds. The van der Waals surface area contributed by atoms with Crippen molar-refractivity contribution in [3.8, 4) is 5.75 Å². The van der Waals surface area contributed by atoms with Gasteiger partial charge in [0.25, 0.3) is 0 Å². The van der Waals surface area contributed by atoms with Crippen molar-refractivity contribution in [1.82, 2.24) is 4.90 Å². The first kappa shape index (κ1) is 18.2. The largest absolute Gasteiger partial charge is 0.491 e. The van der Waals surface area contributed by atoms with Gasteiger partial charge >= 0.3 is 0 Å². The molecule has 0 spiro atoms. The molecule has 5 nitrogen and oxygen atoms in total. The van der Waals surface area contributed by atoms with Crippen molar-refractivity contribution in [1.29, 1.82) is 0 Å². The molecule has 0 aromatic heterocycles. The van der Waals surface area contributed by atoms with Gasteiger partial charge in [0.05, 0.1) is 18.6 Å². The van der Waals surface area contributed by atoms with Gasteiger partial charge in [0.1, 0.15) is 18.0 Å². The van der Waals surface area contributed by atoms with Crippen molar-refractivity contribution < 1.29 is 19.7 Å². The predicted molar refractivity (Wildman–Crippen MR) is 95.5 cm³/mol. The first-order valence-corrected chi connectivity index (χ1v) is 9.30. The van der Waals surface area contributed by atoms with Crippen LogP contribution in [0.25, 0.3) is 0 Å². The van der Waals surface area contributed by atoms with Gasteiger partial charge in [-0.2, -0.15) is 0 Å². The minimum Gasteiger partial charge on any atom is -0.491 e. The summed E-state index contributed by atoms with van der Waals surface area (Å²) in [6.45, 7) is 2.95. The number of aryl methyl sites for hydroxylation is 1. The number of hydrogen-bond acceptors (Lipinski definition) is 4. The van der Waals surface area contributed by atoms with Gasteiger partial charge in [-0.25, -0.2) is 0 Å². The third-order valence-electron chi connectivity index (χ3n) is 5.45. The van der Waals surface area contributed by atoms with E-state index in [0.717, 1.165) is 30.6 Å². The number of rotatable bonds is 5. The molecule has 25 heavy (non-hydrogen) atoms. The summed E-state index contributed by atoms with van der Waals surface area (Å²) in [4.78, 5) is 14.2. The minimum absolute atomic E-state index is 0.0594. The van der Waals surface area contributed by atoms with Crippen molar-refractivity contribution in [3.05, 3.63) is 29.8 Å². The van der Waals surface area contributed by atoms with Crippen molar-refractivity contribution in [3.63, 3.8) is 0 Å². The molecule has 1 aromatic carbocycles. The zero-order valence-corrected chi connectivity index (χ0v) is 15.0. The van der Waals surface area contributed by atoms with E-state index in [1.165, 1.54) is 0 Å². The summed E-state index contributed by atoms with van der Waals surface area (Å²) in [6.07, 6.45) is 5.18. The van der Waals surface area contributed by atoms with Crippen LogP contribution in [-0.2, 0) is 4.79 Å². The highest BCUT2D eigenvalue weighted by Crippen LogP contribution is 2.32. The van der Waals surface area contributed by atoms with Gasteiger partial charge in [-0.05, 0) is 43.9 Å². The third-order valence-corrected chi connectivity index (χ3v) is 5.45. The molecule has 2 fully saturated rings. The maximum absolute atomic E-state index is 12.5. The Morgan fingerprint density at radius 1 is 1.16 bits per heavy atom. The second-order valence-electron chi connectivity index (χ2n) is 7.86. The average molecular weight is 347 g/mol. The van der Waals surface area contributed by atoms with Crippen LogP contribution in [0, 0.1) is 6.92 Å². The normalized spacial score (nSPS) is 25.8. The Morgan fingerprint density at radius 3 is 2.64 bits per heavy atom. The van der Waals surface area contributed by atoms with E-state index in [1.807, 2.05) is 31.2 Å². The summed E-state index contributed by atoms with van der Waals surface area (Å²) in [5.74, 6) is 0.672. The summed E-state index contributed by atoms with van der Waals surface area (Å²) < 4.78 is 5.73. The number of likely N-dealkylation sites (tertiary alicyclic amines) is 1. The van der Waals surface area contributed by atoms with E-state index in [2.05, 4.69) is 0 Å². The van der Waals surface area contributed by atoms with E-state index >= 15 is 0 Å². The fourth-order valence-electron chi connectivity index (χ4n) is 3.89. The predicted octanol–water partition coefficient (Wildman–Crippen LogP) is 2.42. The Kier molecular flexibility index (Phi) is 5.35. The SMILES string of the molecule is Cc1cccc(OCC2(O)CCN(C(=O)CC3(O)CCCCC3)C2)c1. The lowest BCUT2D eigenvalue weighted by molar-refractivity contribution is -0.138. The van der Waals surface area contributed by atoms with Gasteiger partial charge in [0.2, 0.25) is 5.91 Å². The Morgan fingerprint density at radius 2 is 1.92 bits per heavy atom. The molecule has 2 N–H and O–H groups in total. The van der Waals surface area contributed by atoms with Gasteiger partial charge in [0, 0.05) is 6.54 Å². The first-order chi connectivity index (χ1) is 11.9. The second kappa shape index (κ2) is 7.34. The van der Waals surface area contributed by atoms with Crippen LogP contribution in [0.15, 0.2) is 24.3 Å². The van der Waals surface area contributed by atoms with Crippen LogP contribution in [0.4, 0.5) is 0 Å². The number of nitrogens with zero attached hydrogens (tertiary/aromatic N) is 1. The number of ether oxygens (including phenoxy) is 1. The van der Waals surface area contributed by atoms with E-state index < -0.39 is 11.2 Å². The fraction of sp³-hybridized carbons (Fsp3) is 0.650. The summed E-state index contributed by atoms with van der Waals surface area (Å²) >= 11 is 0. The van der Waals surface area contributed by atoms with Crippen LogP contribution in [0.1, 0.15) is 50.5 Å². The molecule has 1 saturated heterocycles. The molecule has 1 aromatic rings. The van der Waals surface area contributed by atoms with E-state index in [4.69, 9.17) is 4.74 Å². The summed E-state index contributed by atoms with van der Waals surface area (Å²) in [7, 11) is 0. The van der Waals surface area contributed by atoms with Crippen molar-refractivity contribution in [2.45, 2.75) is 63.1 Å². The summed E-state index contributed by atoms with van der Waals surface area (Å²) in [5.41, 5.74) is -0.767. The van der Waals surface area contributed by atoms with Gasteiger partial charge in [0.15, 0.2) is 0 Å².